The van der Waals surface area contributed by atoms with Crippen LogP contribution in [0, 0.1) is 0 Å². The number of imidazole rings is 1. The summed E-state index contributed by atoms with van der Waals surface area (Å²) in [6.45, 7) is 0.758. The Balaban J connectivity index is 1.71. The van der Waals surface area contributed by atoms with E-state index in [1.165, 1.54) is 13.4 Å². The average Bonchev–Trinajstić information content (AvgIpc) is 3.04. The van der Waals surface area contributed by atoms with Crippen LogP contribution in [0.5, 0.6) is 0 Å². The molecule has 1 unspecified atom stereocenters. The van der Waals surface area contributed by atoms with Crippen molar-refractivity contribution in [1.29, 1.82) is 0 Å². The Morgan fingerprint density at radius 2 is 2.16 bits per heavy atom. The average molecular weight is 367 g/mol. The Morgan fingerprint density at radius 1 is 1.32 bits per heavy atom. The van der Waals surface area contributed by atoms with Gasteiger partial charge in [-0.25, -0.2) is 15.0 Å². The highest BCUT2D eigenvalue weighted by molar-refractivity contribution is 7.99. The molecule has 0 amide bonds. The molecular formula is C16H25N5O3S. The number of carbonyl (C=O) groups excluding carboxylic acids is 1. The van der Waals surface area contributed by atoms with E-state index in [9.17, 15) is 4.79 Å². The summed E-state index contributed by atoms with van der Waals surface area (Å²) in [7, 11) is 3.15. The van der Waals surface area contributed by atoms with Gasteiger partial charge in [0.2, 0.25) is 0 Å². The normalized spacial score (nSPS) is 12.4. The third kappa shape index (κ3) is 5.86. The summed E-state index contributed by atoms with van der Waals surface area (Å²) in [4.78, 5) is 23.5. The molecular weight excluding hydrogens is 342 g/mol. The quantitative estimate of drug-likeness (QED) is 0.474. The van der Waals surface area contributed by atoms with Crippen LogP contribution in [0.2, 0.25) is 0 Å². The number of hydrogen-bond donors (Lipinski definition) is 1. The van der Waals surface area contributed by atoms with Gasteiger partial charge in [-0.2, -0.15) is 11.8 Å². The molecule has 0 spiro atoms. The minimum absolute atomic E-state index is 0.142. The molecule has 2 N–H and O–H groups in total. The molecule has 0 fully saturated rings. The number of nitrogens with two attached hydrogens (primary N) is 1. The van der Waals surface area contributed by atoms with Crippen LogP contribution in [0.15, 0.2) is 12.7 Å². The van der Waals surface area contributed by atoms with Crippen LogP contribution >= 0.6 is 11.8 Å². The first-order valence-corrected chi connectivity index (χ1v) is 9.39. The van der Waals surface area contributed by atoms with Gasteiger partial charge in [0, 0.05) is 25.8 Å². The third-order valence-electron chi connectivity index (χ3n) is 3.91. The number of nitrogens with zero attached hydrogens (tertiary/aromatic N) is 4. The summed E-state index contributed by atoms with van der Waals surface area (Å²) in [6, 6.07) is 0. The first-order chi connectivity index (χ1) is 12.2. The number of nitrogen functional groups attached to an aromatic ring is 1. The largest absolute Gasteiger partial charge is 0.469 e. The molecule has 9 heteroatoms. The Kier molecular flexibility index (Phi) is 7.93. The molecule has 0 aliphatic heterocycles. The van der Waals surface area contributed by atoms with E-state index in [4.69, 9.17) is 10.5 Å². The zero-order valence-electron chi connectivity index (χ0n) is 14.7. The summed E-state index contributed by atoms with van der Waals surface area (Å²) >= 11 is 1.84. The van der Waals surface area contributed by atoms with Crippen LogP contribution in [0.4, 0.5) is 5.82 Å². The van der Waals surface area contributed by atoms with Crippen LogP contribution in [-0.2, 0) is 20.8 Å². The van der Waals surface area contributed by atoms with Gasteiger partial charge in [0.15, 0.2) is 11.5 Å². The maximum atomic E-state index is 11.0. The monoisotopic (exact) mass is 367 g/mol. The molecule has 138 valence electrons. The molecule has 0 radical (unpaired) electrons. The zero-order chi connectivity index (χ0) is 18.1. The lowest BCUT2D eigenvalue weighted by atomic mass is 10.2. The molecule has 0 bridgehead atoms. The lowest BCUT2D eigenvalue weighted by molar-refractivity contribution is -0.140. The molecule has 0 saturated heterocycles. The van der Waals surface area contributed by atoms with Crippen LogP contribution in [0.3, 0.4) is 0 Å². The molecule has 8 nitrogen and oxygen atoms in total. The second kappa shape index (κ2) is 10.2. The number of rotatable bonds is 11. The Bertz CT molecular complexity index is 679. The van der Waals surface area contributed by atoms with Gasteiger partial charge in [-0.1, -0.05) is 0 Å². The molecule has 2 heterocycles. The van der Waals surface area contributed by atoms with Crippen molar-refractivity contribution < 1.29 is 14.3 Å². The van der Waals surface area contributed by atoms with E-state index >= 15 is 0 Å². The highest BCUT2D eigenvalue weighted by atomic mass is 32.2. The second-order valence-electron chi connectivity index (χ2n) is 5.62. The predicted octanol–water partition coefficient (Wildman–Crippen LogP) is 1.89. The number of fused-ring (bicyclic) bond motifs is 1. The van der Waals surface area contributed by atoms with Crippen molar-refractivity contribution in [2.45, 2.75) is 38.3 Å². The fourth-order valence-corrected chi connectivity index (χ4v) is 3.55. The van der Waals surface area contributed by atoms with E-state index in [1.807, 2.05) is 16.3 Å². The number of anilines is 1. The molecule has 0 aliphatic carbocycles. The van der Waals surface area contributed by atoms with Gasteiger partial charge < -0.3 is 19.8 Å². The number of methoxy groups -OCH3 is 2. The van der Waals surface area contributed by atoms with Gasteiger partial charge in [-0.05, 0) is 25.0 Å². The van der Waals surface area contributed by atoms with Crippen molar-refractivity contribution in [3.8, 4) is 0 Å². The molecule has 0 aliphatic rings. The van der Waals surface area contributed by atoms with E-state index in [2.05, 4.69) is 19.7 Å². The van der Waals surface area contributed by atoms with E-state index in [0.717, 1.165) is 43.0 Å². The second-order valence-corrected chi connectivity index (χ2v) is 6.77. The van der Waals surface area contributed by atoms with Crippen molar-refractivity contribution in [3.05, 3.63) is 12.7 Å². The summed E-state index contributed by atoms with van der Waals surface area (Å²) < 4.78 is 12.2. The summed E-state index contributed by atoms with van der Waals surface area (Å²) in [6.07, 6.45) is 6.56. The van der Waals surface area contributed by atoms with E-state index in [1.54, 1.807) is 13.4 Å². The Hall–Kier alpha value is -1.87. The maximum absolute atomic E-state index is 11.0. The lowest BCUT2D eigenvalue weighted by Gasteiger charge is -2.15. The van der Waals surface area contributed by atoms with E-state index in [0.29, 0.717) is 17.8 Å². The van der Waals surface area contributed by atoms with Gasteiger partial charge >= 0.3 is 5.97 Å². The van der Waals surface area contributed by atoms with Crippen LogP contribution in [0.25, 0.3) is 11.2 Å². The van der Waals surface area contributed by atoms with Gasteiger partial charge in [0.25, 0.3) is 0 Å². The van der Waals surface area contributed by atoms with E-state index in [-0.39, 0.29) is 12.1 Å². The van der Waals surface area contributed by atoms with Crippen LogP contribution in [0.1, 0.15) is 25.7 Å². The van der Waals surface area contributed by atoms with Gasteiger partial charge in [-0.3, -0.25) is 4.79 Å². The number of aromatic nitrogens is 4. The fraction of sp³-hybridized carbons (Fsp3) is 0.625. The van der Waals surface area contributed by atoms with Crippen LogP contribution < -0.4 is 5.73 Å². The molecule has 2 aromatic heterocycles. The standard InChI is InChI=1S/C16H25N5O3S/c1-23-12(9-25-8-4-3-5-13(22)24-2)6-7-21-11-20-14-15(17)18-10-19-16(14)21/h10-12H,3-9H2,1-2H3,(H2,17,18,19). The lowest BCUT2D eigenvalue weighted by Crippen LogP contribution is -2.17. The summed E-state index contributed by atoms with van der Waals surface area (Å²) in [5, 5.41) is 0. The Morgan fingerprint density at radius 3 is 2.92 bits per heavy atom. The van der Waals surface area contributed by atoms with Crippen molar-refractivity contribution >= 4 is 34.7 Å². The highest BCUT2D eigenvalue weighted by Gasteiger charge is 2.11. The van der Waals surface area contributed by atoms with Gasteiger partial charge in [-0.15, -0.1) is 0 Å². The van der Waals surface area contributed by atoms with Crippen molar-refractivity contribution in [2.24, 2.45) is 0 Å². The van der Waals surface area contributed by atoms with Crippen molar-refractivity contribution in [1.82, 2.24) is 19.5 Å². The first kappa shape index (κ1) is 19.5. The van der Waals surface area contributed by atoms with Gasteiger partial charge in [0.1, 0.15) is 11.8 Å². The van der Waals surface area contributed by atoms with E-state index < -0.39 is 0 Å². The number of ether oxygens (including phenoxy) is 2. The molecule has 2 rings (SSSR count). The summed E-state index contributed by atoms with van der Waals surface area (Å²) in [5.41, 5.74) is 7.18. The summed E-state index contributed by atoms with van der Waals surface area (Å²) in [5.74, 6) is 2.18. The fourth-order valence-electron chi connectivity index (χ4n) is 2.41. The molecule has 2 aromatic rings. The number of unbranched alkanes of at least 4 members (excludes halogenated alkanes) is 1. The Labute approximate surface area is 151 Å². The predicted molar refractivity (Wildman–Crippen MR) is 98.3 cm³/mol. The SMILES string of the molecule is COC(=O)CCCCSCC(CCn1cnc2c(N)ncnc21)OC. The maximum Gasteiger partial charge on any atom is 0.305 e. The highest BCUT2D eigenvalue weighted by Crippen LogP contribution is 2.17. The molecule has 25 heavy (non-hydrogen) atoms. The number of esters is 1. The topological polar surface area (TPSA) is 105 Å². The number of hydrogen-bond acceptors (Lipinski definition) is 8. The zero-order valence-corrected chi connectivity index (χ0v) is 15.5. The third-order valence-corrected chi connectivity index (χ3v) is 5.09. The van der Waals surface area contributed by atoms with Crippen LogP contribution in [-0.4, -0.2) is 57.3 Å². The van der Waals surface area contributed by atoms with Gasteiger partial charge in [0.05, 0.1) is 19.5 Å². The molecule has 0 saturated carbocycles. The minimum atomic E-state index is -0.142. The van der Waals surface area contributed by atoms with Crippen molar-refractivity contribution in [3.63, 3.8) is 0 Å². The number of carbonyl (C=O) groups is 1. The van der Waals surface area contributed by atoms with Crippen molar-refractivity contribution in [2.75, 3.05) is 31.5 Å². The molecule has 1 atom stereocenters. The minimum Gasteiger partial charge on any atom is -0.469 e. The molecule has 0 aromatic carbocycles. The smallest absolute Gasteiger partial charge is 0.305 e. The first-order valence-electron chi connectivity index (χ1n) is 8.24. The number of aryl methyl sites for hydroxylation is 1. The number of thioether (sulfide) groups is 1.